The molecule has 0 aromatic heterocycles. The zero-order valence-corrected chi connectivity index (χ0v) is 16.5. The minimum absolute atomic E-state index is 0.0467. The lowest BCUT2D eigenvalue weighted by Gasteiger charge is -2.19. The average molecular weight is 392 g/mol. The quantitative estimate of drug-likeness (QED) is 0.705. The molecule has 0 fully saturated rings. The summed E-state index contributed by atoms with van der Waals surface area (Å²) in [5.74, 6) is 0.602. The summed E-state index contributed by atoms with van der Waals surface area (Å²) in [5.41, 5.74) is 3.00. The van der Waals surface area contributed by atoms with E-state index in [1.165, 1.54) is 18.7 Å². The molecule has 0 aliphatic rings. The summed E-state index contributed by atoms with van der Waals surface area (Å²) >= 11 is 0. The van der Waals surface area contributed by atoms with Gasteiger partial charge in [0.2, 0.25) is 0 Å². The maximum atomic E-state index is 12.4. The van der Waals surface area contributed by atoms with E-state index >= 15 is 0 Å². The van der Waals surface area contributed by atoms with Crippen molar-refractivity contribution in [1.29, 1.82) is 0 Å². The second-order valence-corrected chi connectivity index (χ2v) is 6.77. The minimum Gasteiger partial charge on any atom is -0.493 e. The average Bonchev–Trinajstić information content (AvgIpc) is 2.66. The molecule has 2 amide bonds. The molecule has 0 aliphatic carbocycles. The Morgan fingerprint density at radius 3 is 2.29 bits per heavy atom. The first-order valence-electron chi connectivity index (χ1n) is 8.99. The number of hydrogen-bond acceptors (Lipinski definition) is 3. The van der Waals surface area contributed by atoms with Crippen LogP contribution >= 0.6 is 0 Å². The molecule has 0 saturated heterocycles. The normalized spacial score (nSPS) is 10.9. The van der Waals surface area contributed by atoms with Crippen molar-refractivity contribution in [3.8, 4) is 11.5 Å². The van der Waals surface area contributed by atoms with Crippen molar-refractivity contribution >= 4 is 6.03 Å². The molecule has 28 heavy (non-hydrogen) atoms. The number of nitrogens with zero attached hydrogens (tertiary/aromatic N) is 1. The topological polar surface area (TPSA) is 50.8 Å². The fourth-order valence-corrected chi connectivity index (χ4v) is 2.68. The highest BCUT2D eigenvalue weighted by Gasteiger charge is 2.13. The van der Waals surface area contributed by atoms with Gasteiger partial charge >= 0.3 is 12.6 Å². The summed E-state index contributed by atoms with van der Waals surface area (Å²) < 4.78 is 34.2. The van der Waals surface area contributed by atoms with Gasteiger partial charge in [-0.1, -0.05) is 44.2 Å². The Hall–Kier alpha value is -2.83. The Balaban J connectivity index is 1.91. The molecule has 0 radical (unpaired) electrons. The van der Waals surface area contributed by atoms with Gasteiger partial charge < -0.3 is 19.7 Å². The third kappa shape index (κ3) is 6.11. The number of carbonyl (C=O) groups is 1. The fourth-order valence-electron chi connectivity index (χ4n) is 2.68. The van der Waals surface area contributed by atoms with Crippen LogP contribution in [0.4, 0.5) is 13.6 Å². The number of methoxy groups -OCH3 is 1. The van der Waals surface area contributed by atoms with Gasteiger partial charge in [-0.25, -0.2) is 4.79 Å². The van der Waals surface area contributed by atoms with Crippen LogP contribution in [-0.4, -0.2) is 31.7 Å². The van der Waals surface area contributed by atoms with Crippen molar-refractivity contribution in [2.24, 2.45) is 0 Å². The predicted octanol–water partition coefficient (Wildman–Crippen LogP) is 4.76. The predicted molar refractivity (Wildman–Crippen MR) is 104 cm³/mol. The molecule has 0 aliphatic heterocycles. The molecule has 0 spiro atoms. The van der Waals surface area contributed by atoms with E-state index in [1.54, 1.807) is 24.1 Å². The molecule has 0 unspecified atom stereocenters. The summed E-state index contributed by atoms with van der Waals surface area (Å²) in [6.07, 6.45) is 0. The maximum absolute atomic E-state index is 12.4. The molecule has 0 saturated carbocycles. The molecule has 152 valence electrons. The van der Waals surface area contributed by atoms with Gasteiger partial charge in [0, 0.05) is 20.1 Å². The molecule has 0 heterocycles. The molecular formula is C21H26F2N2O3. The van der Waals surface area contributed by atoms with Crippen molar-refractivity contribution in [1.82, 2.24) is 10.2 Å². The molecule has 1 N–H and O–H groups in total. The molecule has 2 rings (SSSR count). The van der Waals surface area contributed by atoms with Crippen molar-refractivity contribution in [3.05, 3.63) is 59.2 Å². The maximum Gasteiger partial charge on any atom is 0.387 e. The Kier molecular flexibility index (Phi) is 7.61. The van der Waals surface area contributed by atoms with E-state index in [2.05, 4.69) is 36.0 Å². The Morgan fingerprint density at radius 1 is 1.07 bits per heavy atom. The third-order valence-electron chi connectivity index (χ3n) is 4.30. The third-order valence-corrected chi connectivity index (χ3v) is 4.30. The van der Waals surface area contributed by atoms with Gasteiger partial charge in [0.1, 0.15) is 0 Å². The second-order valence-electron chi connectivity index (χ2n) is 6.77. The summed E-state index contributed by atoms with van der Waals surface area (Å²) in [6.45, 7) is 2.06. The zero-order chi connectivity index (χ0) is 20.7. The van der Waals surface area contributed by atoms with E-state index in [1.807, 2.05) is 12.1 Å². The van der Waals surface area contributed by atoms with E-state index in [0.29, 0.717) is 18.0 Å². The van der Waals surface area contributed by atoms with E-state index in [0.717, 1.165) is 5.56 Å². The first-order valence-corrected chi connectivity index (χ1v) is 8.99. The number of carbonyl (C=O) groups excluding carboxylic acids is 1. The van der Waals surface area contributed by atoms with Crippen molar-refractivity contribution in [2.45, 2.75) is 39.5 Å². The monoisotopic (exact) mass is 392 g/mol. The van der Waals surface area contributed by atoms with Crippen molar-refractivity contribution in [2.75, 3.05) is 14.2 Å². The van der Waals surface area contributed by atoms with Crippen LogP contribution in [0.5, 0.6) is 11.5 Å². The van der Waals surface area contributed by atoms with Gasteiger partial charge in [-0.3, -0.25) is 0 Å². The summed E-state index contributed by atoms with van der Waals surface area (Å²) in [5, 5.41) is 2.80. The number of benzene rings is 2. The van der Waals surface area contributed by atoms with Gasteiger partial charge in [0.25, 0.3) is 0 Å². The second kappa shape index (κ2) is 9.92. The molecular weight excluding hydrogens is 366 g/mol. The zero-order valence-electron chi connectivity index (χ0n) is 16.5. The van der Waals surface area contributed by atoms with E-state index in [4.69, 9.17) is 4.74 Å². The smallest absolute Gasteiger partial charge is 0.387 e. The van der Waals surface area contributed by atoms with Crippen LogP contribution in [-0.2, 0) is 13.1 Å². The minimum atomic E-state index is -2.93. The SMILES string of the molecule is COc1cc(CNC(=O)N(C)Cc2ccc(C(C)C)cc2)ccc1OC(F)F. The van der Waals surface area contributed by atoms with Gasteiger partial charge in [-0.2, -0.15) is 8.78 Å². The number of rotatable bonds is 8. The number of hydrogen-bond donors (Lipinski definition) is 1. The van der Waals surface area contributed by atoms with E-state index in [9.17, 15) is 13.6 Å². The van der Waals surface area contributed by atoms with Crippen LogP contribution in [0, 0.1) is 0 Å². The summed E-state index contributed by atoms with van der Waals surface area (Å²) in [4.78, 5) is 13.9. The highest BCUT2D eigenvalue weighted by molar-refractivity contribution is 5.73. The molecule has 0 atom stereocenters. The lowest BCUT2D eigenvalue weighted by molar-refractivity contribution is -0.0512. The van der Waals surface area contributed by atoms with Crippen LogP contribution in [0.15, 0.2) is 42.5 Å². The first kappa shape index (κ1) is 21.5. The van der Waals surface area contributed by atoms with Crippen LogP contribution in [0.2, 0.25) is 0 Å². The van der Waals surface area contributed by atoms with E-state index < -0.39 is 6.61 Å². The number of amides is 2. The number of halogens is 2. The van der Waals surface area contributed by atoms with Gasteiger partial charge in [0.15, 0.2) is 11.5 Å². The van der Waals surface area contributed by atoms with Gasteiger partial charge in [-0.15, -0.1) is 0 Å². The van der Waals surface area contributed by atoms with Crippen molar-refractivity contribution < 1.29 is 23.0 Å². The Bertz CT molecular complexity index is 780. The lowest BCUT2D eigenvalue weighted by atomic mass is 10.0. The number of alkyl halides is 2. The molecule has 0 bridgehead atoms. The van der Waals surface area contributed by atoms with Crippen LogP contribution < -0.4 is 14.8 Å². The van der Waals surface area contributed by atoms with Crippen LogP contribution in [0.1, 0.15) is 36.5 Å². The number of nitrogens with one attached hydrogen (secondary N) is 1. The Labute approximate surface area is 164 Å². The van der Waals surface area contributed by atoms with Crippen LogP contribution in [0.25, 0.3) is 0 Å². The summed E-state index contributed by atoms with van der Waals surface area (Å²) in [7, 11) is 3.08. The largest absolute Gasteiger partial charge is 0.493 e. The van der Waals surface area contributed by atoms with Gasteiger partial charge in [-0.05, 0) is 34.7 Å². The van der Waals surface area contributed by atoms with Crippen LogP contribution in [0.3, 0.4) is 0 Å². The molecule has 7 heteroatoms. The van der Waals surface area contributed by atoms with Gasteiger partial charge in [0.05, 0.1) is 7.11 Å². The highest BCUT2D eigenvalue weighted by Crippen LogP contribution is 2.29. The lowest BCUT2D eigenvalue weighted by Crippen LogP contribution is -2.36. The molecule has 2 aromatic carbocycles. The highest BCUT2D eigenvalue weighted by atomic mass is 19.3. The molecule has 5 nitrogen and oxygen atoms in total. The Morgan fingerprint density at radius 2 is 1.71 bits per heavy atom. The number of urea groups is 1. The standard InChI is InChI=1S/C21H26F2N2O3/c1-14(2)17-8-5-15(6-9-17)13-25(3)21(26)24-12-16-7-10-18(28-20(22)23)19(11-16)27-4/h5-11,14,20H,12-13H2,1-4H3,(H,24,26). The molecule has 2 aromatic rings. The summed E-state index contributed by atoms with van der Waals surface area (Å²) in [6, 6.07) is 12.5. The first-order chi connectivity index (χ1) is 13.3. The number of ether oxygens (including phenoxy) is 2. The fraction of sp³-hybridized carbons (Fsp3) is 0.381. The van der Waals surface area contributed by atoms with E-state index in [-0.39, 0.29) is 24.1 Å². The van der Waals surface area contributed by atoms with Crippen molar-refractivity contribution in [3.63, 3.8) is 0 Å².